The maximum Gasteiger partial charge on any atom is 0.409 e. The van der Waals surface area contributed by atoms with Crippen molar-refractivity contribution in [2.45, 2.75) is 52.3 Å². The zero-order valence-electron chi connectivity index (χ0n) is 16.3. The summed E-state index contributed by atoms with van der Waals surface area (Å²) in [5.74, 6) is -1.51. The first kappa shape index (κ1) is 21.8. The number of halogens is 3. The predicted octanol–water partition coefficient (Wildman–Crippen LogP) is 2.63. The first-order valence-electron chi connectivity index (χ1n) is 9.53. The molecule has 6 nitrogen and oxygen atoms in total. The lowest BCUT2D eigenvalue weighted by atomic mass is 9.73. The molecule has 0 aromatic carbocycles. The molecule has 0 radical (unpaired) electrons. The van der Waals surface area contributed by atoms with Crippen LogP contribution in [0.1, 0.15) is 40.0 Å². The van der Waals surface area contributed by atoms with Crippen LogP contribution in [-0.2, 0) is 9.53 Å². The minimum Gasteiger partial charge on any atom is -0.450 e. The van der Waals surface area contributed by atoms with Gasteiger partial charge in [0.2, 0.25) is 5.91 Å². The number of likely N-dealkylation sites (tertiary alicyclic amines) is 2. The molecule has 0 saturated carbocycles. The number of hydrogen-bond donors (Lipinski definition) is 1. The minimum atomic E-state index is -4.20. The van der Waals surface area contributed by atoms with E-state index in [2.05, 4.69) is 5.32 Å². The molecule has 2 heterocycles. The molecule has 0 aliphatic carbocycles. The predicted molar refractivity (Wildman–Crippen MR) is 94.1 cm³/mol. The lowest BCUT2D eigenvalue weighted by Gasteiger charge is -2.44. The Kier molecular flexibility index (Phi) is 6.99. The first-order chi connectivity index (χ1) is 12.5. The van der Waals surface area contributed by atoms with Crippen LogP contribution >= 0.6 is 0 Å². The van der Waals surface area contributed by atoms with E-state index in [0.29, 0.717) is 32.5 Å². The Balaban J connectivity index is 1.76. The van der Waals surface area contributed by atoms with E-state index < -0.39 is 17.5 Å². The third kappa shape index (κ3) is 5.99. The van der Waals surface area contributed by atoms with Crippen LogP contribution in [0, 0.1) is 11.3 Å². The summed E-state index contributed by atoms with van der Waals surface area (Å²) in [6.45, 7) is 6.96. The summed E-state index contributed by atoms with van der Waals surface area (Å²) in [6, 6.07) is -0.0242. The fraction of sp³-hybridized carbons (Fsp3) is 0.889. The van der Waals surface area contributed by atoms with Crippen molar-refractivity contribution in [1.29, 1.82) is 0 Å². The average molecular weight is 393 g/mol. The minimum absolute atomic E-state index is 0.0156. The van der Waals surface area contributed by atoms with Gasteiger partial charge in [0.15, 0.2) is 0 Å². The molecule has 2 rings (SSSR count). The van der Waals surface area contributed by atoms with Crippen LogP contribution < -0.4 is 5.32 Å². The van der Waals surface area contributed by atoms with Gasteiger partial charge in [-0.3, -0.25) is 9.69 Å². The van der Waals surface area contributed by atoms with Crippen molar-refractivity contribution in [3.8, 4) is 0 Å². The molecule has 0 bridgehead atoms. The number of hydrogen-bond acceptors (Lipinski definition) is 4. The van der Waals surface area contributed by atoms with Crippen LogP contribution in [-0.4, -0.2) is 73.3 Å². The van der Waals surface area contributed by atoms with Crippen LogP contribution in [0.15, 0.2) is 0 Å². The summed E-state index contributed by atoms with van der Waals surface area (Å²) in [5.41, 5.74) is -0.915. The summed E-state index contributed by atoms with van der Waals surface area (Å²) < 4.78 is 44.4. The maximum absolute atomic E-state index is 13.1. The first-order valence-corrected chi connectivity index (χ1v) is 9.53. The van der Waals surface area contributed by atoms with Crippen LogP contribution in [0.25, 0.3) is 0 Å². The SMILES string of the molecule is CCOC(=O)N1CCC(NC(=O)CN2CC[C@@H](C(F)(F)F)C(C)(C)C2)CC1. The topological polar surface area (TPSA) is 61.9 Å². The number of piperidine rings is 2. The van der Waals surface area contributed by atoms with Crippen molar-refractivity contribution >= 4 is 12.0 Å². The highest BCUT2D eigenvalue weighted by Crippen LogP contribution is 2.44. The van der Waals surface area contributed by atoms with Gasteiger partial charge in [0.1, 0.15) is 0 Å². The summed E-state index contributed by atoms with van der Waals surface area (Å²) in [4.78, 5) is 27.4. The Bertz CT molecular complexity index is 532. The molecule has 156 valence electrons. The van der Waals surface area contributed by atoms with Gasteiger partial charge in [0.25, 0.3) is 0 Å². The monoisotopic (exact) mass is 393 g/mol. The van der Waals surface area contributed by atoms with E-state index in [0.717, 1.165) is 0 Å². The number of carbonyl (C=O) groups excluding carboxylic acids is 2. The van der Waals surface area contributed by atoms with Crippen LogP contribution in [0.2, 0.25) is 0 Å². The molecular formula is C18H30F3N3O3. The Hall–Kier alpha value is -1.51. The highest BCUT2D eigenvalue weighted by atomic mass is 19.4. The summed E-state index contributed by atoms with van der Waals surface area (Å²) in [6.07, 6.45) is -3.23. The molecule has 2 fully saturated rings. The Labute approximate surface area is 158 Å². The number of nitrogens with one attached hydrogen (secondary N) is 1. The molecule has 27 heavy (non-hydrogen) atoms. The van der Waals surface area contributed by atoms with E-state index in [1.165, 1.54) is 0 Å². The maximum atomic E-state index is 13.1. The Morgan fingerprint density at radius 1 is 1.15 bits per heavy atom. The van der Waals surface area contributed by atoms with E-state index in [1.54, 1.807) is 30.6 Å². The summed E-state index contributed by atoms with van der Waals surface area (Å²) in [5, 5.41) is 2.94. The lowest BCUT2D eigenvalue weighted by Crippen LogP contribution is -2.54. The lowest BCUT2D eigenvalue weighted by molar-refractivity contribution is -0.216. The number of amides is 2. The fourth-order valence-corrected chi connectivity index (χ4v) is 4.11. The van der Waals surface area contributed by atoms with Crippen molar-refractivity contribution in [3.05, 3.63) is 0 Å². The van der Waals surface area contributed by atoms with Crippen LogP contribution in [0.4, 0.5) is 18.0 Å². The standard InChI is InChI=1S/C18H30F3N3O3/c1-4-27-16(26)24-9-5-13(6-10-24)22-15(25)11-23-8-7-14(18(19,20)21)17(2,3)12-23/h13-14H,4-12H2,1-3H3,(H,22,25)/t14-/m1/s1. The van der Waals surface area contributed by atoms with Gasteiger partial charge in [-0.25, -0.2) is 4.79 Å². The third-order valence-electron chi connectivity index (χ3n) is 5.46. The highest BCUT2D eigenvalue weighted by Gasteiger charge is 2.51. The molecule has 2 aliphatic rings. The van der Waals surface area contributed by atoms with Gasteiger partial charge in [-0.15, -0.1) is 0 Å². The largest absolute Gasteiger partial charge is 0.450 e. The van der Waals surface area contributed by atoms with Gasteiger partial charge in [0.05, 0.1) is 19.1 Å². The molecule has 2 amide bonds. The molecule has 9 heteroatoms. The second-order valence-corrected chi connectivity index (χ2v) is 8.11. The molecule has 2 saturated heterocycles. The van der Waals surface area contributed by atoms with E-state index in [-0.39, 0.29) is 44.1 Å². The van der Waals surface area contributed by atoms with E-state index in [1.807, 2.05) is 0 Å². The number of carbonyl (C=O) groups is 2. The molecule has 2 aliphatic heterocycles. The normalized spacial score (nSPS) is 24.5. The third-order valence-corrected chi connectivity index (χ3v) is 5.46. The molecular weight excluding hydrogens is 363 g/mol. The van der Waals surface area contributed by atoms with E-state index in [4.69, 9.17) is 4.74 Å². The Morgan fingerprint density at radius 3 is 2.30 bits per heavy atom. The van der Waals surface area contributed by atoms with Crippen molar-refractivity contribution in [2.75, 3.05) is 39.3 Å². The second kappa shape index (κ2) is 8.67. The van der Waals surface area contributed by atoms with Crippen molar-refractivity contribution < 1.29 is 27.5 Å². The number of ether oxygens (including phenoxy) is 1. The van der Waals surface area contributed by atoms with Crippen molar-refractivity contribution in [3.63, 3.8) is 0 Å². The molecule has 0 aromatic rings. The smallest absolute Gasteiger partial charge is 0.409 e. The average Bonchev–Trinajstić information content (AvgIpc) is 2.53. The quantitative estimate of drug-likeness (QED) is 0.798. The van der Waals surface area contributed by atoms with Crippen LogP contribution in [0.3, 0.4) is 0 Å². The van der Waals surface area contributed by atoms with Gasteiger partial charge in [0, 0.05) is 25.7 Å². The zero-order valence-corrected chi connectivity index (χ0v) is 16.3. The van der Waals surface area contributed by atoms with Crippen LogP contribution in [0.5, 0.6) is 0 Å². The van der Waals surface area contributed by atoms with Gasteiger partial charge in [-0.05, 0) is 38.1 Å². The van der Waals surface area contributed by atoms with Gasteiger partial charge >= 0.3 is 12.3 Å². The molecule has 1 N–H and O–H groups in total. The molecule has 0 aromatic heterocycles. The van der Waals surface area contributed by atoms with Gasteiger partial charge in [-0.1, -0.05) is 13.8 Å². The Morgan fingerprint density at radius 2 is 1.78 bits per heavy atom. The fourth-order valence-electron chi connectivity index (χ4n) is 4.11. The highest BCUT2D eigenvalue weighted by molar-refractivity contribution is 5.78. The zero-order chi connectivity index (χ0) is 20.2. The number of nitrogens with zero attached hydrogens (tertiary/aromatic N) is 2. The molecule has 1 atom stereocenters. The molecule has 0 spiro atoms. The summed E-state index contributed by atoms with van der Waals surface area (Å²) >= 11 is 0. The second-order valence-electron chi connectivity index (χ2n) is 8.11. The molecule has 0 unspecified atom stereocenters. The van der Waals surface area contributed by atoms with Crippen molar-refractivity contribution in [2.24, 2.45) is 11.3 Å². The van der Waals surface area contributed by atoms with E-state index in [9.17, 15) is 22.8 Å². The summed E-state index contributed by atoms with van der Waals surface area (Å²) in [7, 11) is 0. The number of alkyl halides is 3. The van der Waals surface area contributed by atoms with E-state index >= 15 is 0 Å². The van der Waals surface area contributed by atoms with Gasteiger partial charge < -0.3 is 15.0 Å². The van der Waals surface area contributed by atoms with Gasteiger partial charge in [-0.2, -0.15) is 13.2 Å². The number of rotatable bonds is 4. The van der Waals surface area contributed by atoms with Crippen molar-refractivity contribution in [1.82, 2.24) is 15.1 Å².